The summed E-state index contributed by atoms with van der Waals surface area (Å²) >= 11 is 0. The first-order valence-corrected chi connectivity index (χ1v) is 9.23. The number of nitrogens with one attached hydrogen (secondary N) is 1. The summed E-state index contributed by atoms with van der Waals surface area (Å²) in [6, 6.07) is 0.281. The number of piperazine rings is 1. The van der Waals surface area contributed by atoms with E-state index < -0.39 is 5.60 Å². The third kappa shape index (κ3) is 3.62. The number of amides is 1. The SMILES string of the molecule is CC(C)C1(CNC2=NCC3CN(C(=O)OC(C)(C)C)CCN23)CC1. The Bertz CT molecular complexity index is 520. The van der Waals surface area contributed by atoms with Crippen molar-refractivity contribution < 1.29 is 9.53 Å². The van der Waals surface area contributed by atoms with Crippen LogP contribution in [0.4, 0.5) is 4.79 Å². The van der Waals surface area contributed by atoms with Crippen LogP contribution in [-0.4, -0.2) is 66.2 Å². The number of carbonyl (C=O) groups excluding carboxylic acids is 1. The average Bonchev–Trinajstić information content (AvgIpc) is 3.18. The molecule has 1 saturated carbocycles. The van der Waals surface area contributed by atoms with E-state index in [9.17, 15) is 4.79 Å². The molecule has 2 aliphatic heterocycles. The number of carbonyl (C=O) groups is 1. The van der Waals surface area contributed by atoms with Crippen LogP contribution in [0.15, 0.2) is 4.99 Å². The third-order valence-electron chi connectivity index (χ3n) is 5.57. The molecule has 0 aromatic rings. The van der Waals surface area contributed by atoms with Gasteiger partial charge in [0.15, 0.2) is 5.96 Å². The number of guanidine groups is 1. The molecule has 1 amide bonds. The first-order valence-electron chi connectivity index (χ1n) is 9.23. The van der Waals surface area contributed by atoms with Gasteiger partial charge in [0.2, 0.25) is 0 Å². The van der Waals surface area contributed by atoms with Gasteiger partial charge in [-0.3, -0.25) is 4.99 Å². The quantitative estimate of drug-likeness (QED) is 0.859. The lowest BCUT2D eigenvalue weighted by Gasteiger charge is -2.39. The molecule has 3 rings (SSSR count). The molecule has 1 atom stereocenters. The molecule has 0 spiro atoms. The molecule has 1 saturated heterocycles. The summed E-state index contributed by atoms with van der Waals surface area (Å²) < 4.78 is 5.49. The van der Waals surface area contributed by atoms with E-state index in [1.165, 1.54) is 12.8 Å². The topological polar surface area (TPSA) is 57.2 Å². The van der Waals surface area contributed by atoms with Crippen molar-refractivity contribution in [1.29, 1.82) is 0 Å². The minimum absolute atomic E-state index is 0.208. The number of ether oxygens (including phenoxy) is 1. The Kier molecular flexibility index (Phi) is 4.43. The van der Waals surface area contributed by atoms with E-state index in [1.807, 2.05) is 25.7 Å². The van der Waals surface area contributed by atoms with Crippen LogP contribution >= 0.6 is 0 Å². The van der Waals surface area contributed by atoms with Crippen molar-refractivity contribution in [2.75, 3.05) is 32.7 Å². The maximum atomic E-state index is 12.3. The van der Waals surface area contributed by atoms with Crippen LogP contribution in [0.3, 0.4) is 0 Å². The van der Waals surface area contributed by atoms with Crippen LogP contribution in [0, 0.1) is 11.3 Å². The molecule has 0 radical (unpaired) electrons. The van der Waals surface area contributed by atoms with Gasteiger partial charge in [-0.2, -0.15) is 0 Å². The Morgan fingerprint density at radius 3 is 2.67 bits per heavy atom. The lowest BCUT2D eigenvalue weighted by Crippen LogP contribution is -2.58. The highest BCUT2D eigenvalue weighted by Gasteiger charge is 2.46. The number of fused-ring (bicyclic) bond motifs is 1. The fourth-order valence-corrected chi connectivity index (χ4v) is 3.60. The van der Waals surface area contributed by atoms with E-state index >= 15 is 0 Å². The predicted octanol–water partition coefficient (Wildman–Crippen LogP) is 2.30. The van der Waals surface area contributed by atoms with Crippen LogP contribution in [0.1, 0.15) is 47.5 Å². The molecule has 24 heavy (non-hydrogen) atoms. The molecule has 1 aliphatic carbocycles. The van der Waals surface area contributed by atoms with Crippen LogP contribution in [0.5, 0.6) is 0 Å². The Morgan fingerprint density at radius 1 is 1.38 bits per heavy atom. The van der Waals surface area contributed by atoms with Gasteiger partial charge < -0.3 is 19.9 Å². The average molecular weight is 336 g/mol. The van der Waals surface area contributed by atoms with E-state index in [1.54, 1.807) is 0 Å². The Hall–Kier alpha value is -1.46. The zero-order valence-corrected chi connectivity index (χ0v) is 15.8. The van der Waals surface area contributed by atoms with Gasteiger partial charge in [-0.15, -0.1) is 0 Å². The molecule has 2 heterocycles. The zero-order chi connectivity index (χ0) is 17.5. The van der Waals surface area contributed by atoms with Crippen molar-refractivity contribution in [3.05, 3.63) is 0 Å². The first-order chi connectivity index (χ1) is 11.2. The van der Waals surface area contributed by atoms with Crippen LogP contribution in [0.25, 0.3) is 0 Å². The second-order valence-corrected chi connectivity index (χ2v) is 8.81. The summed E-state index contributed by atoms with van der Waals surface area (Å²) in [6.45, 7) is 14.3. The van der Waals surface area contributed by atoms with Crippen molar-refractivity contribution in [1.82, 2.24) is 15.1 Å². The molecule has 1 N–H and O–H groups in total. The molecule has 3 aliphatic rings. The second kappa shape index (κ2) is 6.12. The van der Waals surface area contributed by atoms with Gasteiger partial charge in [0, 0.05) is 26.2 Å². The maximum Gasteiger partial charge on any atom is 0.410 e. The standard InChI is InChI=1S/C18H32N4O2/c1-13(2)18(6-7-18)12-20-15-19-10-14-11-21(8-9-22(14)15)16(23)24-17(3,4)5/h13-14H,6-12H2,1-5H3,(H,19,20). The number of rotatable bonds is 3. The molecule has 0 aromatic heterocycles. The van der Waals surface area contributed by atoms with Gasteiger partial charge >= 0.3 is 6.09 Å². The largest absolute Gasteiger partial charge is 0.444 e. The molecular formula is C18H32N4O2. The van der Waals surface area contributed by atoms with E-state index in [0.717, 1.165) is 25.6 Å². The van der Waals surface area contributed by atoms with E-state index in [0.29, 0.717) is 24.4 Å². The summed E-state index contributed by atoms with van der Waals surface area (Å²) in [5.74, 6) is 1.74. The number of nitrogens with zero attached hydrogens (tertiary/aromatic N) is 3. The molecule has 1 unspecified atom stereocenters. The van der Waals surface area contributed by atoms with E-state index in [4.69, 9.17) is 9.73 Å². The molecule has 2 fully saturated rings. The van der Waals surface area contributed by atoms with Gasteiger partial charge in [-0.25, -0.2) is 4.79 Å². The second-order valence-electron chi connectivity index (χ2n) is 8.81. The van der Waals surface area contributed by atoms with Gasteiger partial charge in [0.1, 0.15) is 5.60 Å². The molecule has 0 bridgehead atoms. The monoisotopic (exact) mass is 336 g/mol. The fraction of sp³-hybridized carbons (Fsp3) is 0.889. The van der Waals surface area contributed by atoms with Crippen LogP contribution in [0.2, 0.25) is 0 Å². The summed E-state index contributed by atoms with van der Waals surface area (Å²) in [4.78, 5) is 21.1. The van der Waals surface area contributed by atoms with Crippen LogP contribution < -0.4 is 5.32 Å². The Labute approximate surface area is 145 Å². The Balaban J connectivity index is 1.50. The lowest BCUT2D eigenvalue weighted by molar-refractivity contribution is 0.0137. The van der Waals surface area contributed by atoms with Gasteiger partial charge in [0.25, 0.3) is 0 Å². The maximum absolute atomic E-state index is 12.3. The number of aliphatic imine (C=N–C) groups is 1. The molecule has 6 nitrogen and oxygen atoms in total. The van der Waals surface area contributed by atoms with E-state index in [-0.39, 0.29) is 12.1 Å². The van der Waals surface area contributed by atoms with E-state index in [2.05, 4.69) is 24.1 Å². The zero-order valence-electron chi connectivity index (χ0n) is 15.8. The highest BCUT2D eigenvalue weighted by Crippen LogP contribution is 2.51. The van der Waals surface area contributed by atoms with Gasteiger partial charge in [-0.05, 0) is 44.9 Å². The summed E-state index contributed by atoms with van der Waals surface area (Å²) in [6.07, 6.45) is 2.43. The van der Waals surface area contributed by atoms with Gasteiger partial charge in [-0.1, -0.05) is 13.8 Å². The molecule has 0 aromatic carbocycles. The summed E-state index contributed by atoms with van der Waals surface area (Å²) in [5.41, 5.74) is 0.0292. The summed E-state index contributed by atoms with van der Waals surface area (Å²) in [7, 11) is 0. The number of hydrogen-bond donors (Lipinski definition) is 1. The normalized spacial score (nSPS) is 25.4. The fourth-order valence-electron chi connectivity index (χ4n) is 3.60. The van der Waals surface area contributed by atoms with Gasteiger partial charge in [0.05, 0.1) is 12.6 Å². The molecule has 6 heteroatoms. The third-order valence-corrected chi connectivity index (χ3v) is 5.57. The minimum Gasteiger partial charge on any atom is -0.444 e. The van der Waals surface area contributed by atoms with Crippen LogP contribution in [-0.2, 0) is 4.74 Å². The van der Waals surface area contributed by atoms with Crippen molar-refractivity contribution in [3.63, 3.8) is 0 Å². The lowest BCUT2D eigenvalue weighted by atomic mass is 9.92. The Morgan fingerprint density at radius 2 is 2.08 bits per heavy atom. The van der Waals surface area contributed by atoms with Crippen molar-refractivity contribution >= 4 is 12.1 Å². The smallest absolute Gasteiger partial charge is 0.410 e. The minimum atomic E-state index is -0.442. The summed E-state index contributed by atoms with van der Waals surface area (Å²) in [5, 5.41) is 3.59. The molecule has 136 valence electrons. The molecular weight excluding hydrogens is 304 g/mol. The number of hydrogen-bond acceptors (Lipinski definition) is 5. The highest BCUT2D eigenvalue weighted by atomic mass is 16.6. The van der Waals surface area contributed by atoms with Crippen molar-refractivity contribution in [3.8, 4) is 0 Å². The van der Waals surface area contributed by atoms with Crippen molar-refractivity contribution in [2.45, 2.75) is 59.1 Å². The predicted molar refractivity (Wildman–Crippen MR) is 95.1 cm³/mol. The first kappa shape index (κ1) is 17.4. The van der Waals surface area contributed by atoms with Crippen molar-refractivity contribution in [2.24, 2.45) is 16.3 Å². The highest BCUT2D eigenvalue weighted by molar-refractivity contribution is 5.82.